The summed E-state index contributed by atoms with van der Waals surface area (Å²) in [4.78, 5) is 30.2. The van der Waals surface area contributed by atoms with E-state index in [1.165, 1.54) is 21.1 Å². The zero-order chi connectivity index (χ0) is 27.0. The maximum absolute atomic E-state index is 13.6. The fourth-order valence-corrected chi connectivity index (χ4v) is 6.36. The average Bonchev–Trinajstić information content (AvgIpc) is 3.16. The largest absolute Gasteiger partial charge is 0.444 e. The number of anilines is 3. The molecule has 2 amide bonds. The molecular formula is C27H36N4O5S. The average molecular weight is 529 g/mol. The predicted molar refractivity (Wildman–Crippen MR) is 146 cm³/mol. The number of hydrogen-bond donors (Lipinski definition) is 1. The van der Waals surface area contributed by atoms with Gasteiger partial charge in [0.05, 0.1) is 22.7 Å². The van der Waals surface area contributed by atoms with E-state index in [2.05, 4.69) is 42.3 Å². The number of benzene rings is 2. The molecule has 2 saturated heterocycles. The molecule has 0 unspecified atom stereocenters. The Hall–Kier alpha value is -3.27. The van der Waals surface area contributed by atoms with Crippen molar-refractivity contribution in [1.29, 1.82) is 0 Å². The minimum absolute atomic E-state index is 0.0766. The Kier molecular flexibility index (Phi) is 7.41. The van der Waals surface area contributed by atoms with Crippen LogP contribution in [0.5, 0.6) is 0 Å². The molecule has 0 saturated carbocycles. The van der Waals surface area contributed by atoms with Crippen LogP contribution < -0.4 is 14.5 Å². The number of rotatable bonds is 4. The Bertz CT molecular complexity index is 1290. The molecule has 2 aromatic carbocycles. The fourth-order valence-electron chi connectivity index (χ4n) is 4.80. The third kappa shape index (κ3) is 6.18. The Morgan fingerprint density at radius 1 is 0.946 bits per heavy atom. The summed E-state index contributed by atoms with van der Waals surface area (Å²) in [6.07, 6.45) is -0.176. The number of nitrogens with one attached hydrogen (secondary N) is 1. The summed E-state index contributed by atoms with van der Waals surface area (Å²) in [5.41, 5.74) is 3.80. The Morgan fingerprint density at radius 2 is 1.65 bits per heavy atom. The van der Waals surface area contributed by atoms with Gasteiger partial charge < -0.3 is 14.5 Å². The van der Waals surface area contributed by atoms with Gasteiger partial charge in [-0.15, -0.1) is 0 Å². The first-order chi connectivity index (χ1) is 17.3. The van der Waals surface area contributed by atoms with Crippen molar-refractivity contribution in [1.82, 2.24) is 4.90 Å². The van der Waals surface area contributed by atoms with Gasteiger partial charge in [-0.1, -0.05) is 17.7 Å². The van der Waals surface area contributed by atoms with Crippen molar-refractivity contribution in [3.05, 3.63) is 53.1 Å². The molecule has 10 heteroatoms. The van der Waals surface area contributed by atoms with E-state index in [9.17, 15) is 18.0 Å². The normalized spacial score (nSPS) is 17.6. The fraction of sp³-hybridized carbons (Fsp3) is 0.481. The molecule has 1 N–H and O–H groups in total. The van der Waals surface area contributed by atoms with Crippen molar-refractivity contribution in [2.45, 2.75) is 46.6 Å². The standard InChI is InChI=1S/C27H36N4O5S/c1-19-7-10-24(20(2)17-19)29-12-14-30(15-13-29)25(32)22-9-8-21(31-11-6-16-37(31,34)35)18-23(22)28-26(33)36-27(3,4)5/h7-10,17-18H,6,11-16H2,1-5H3,(H,28,33). The number of piperazine rings is 1. The number of sulfonamides is 1. The maximum atomic E-state index is 13.6. The Morgan fingerprint density at radius 3 is 2.24 bits per heavy atom. The lowest BCUT2D eigenvalue weighted by Gasteiger charge is -2.37. The number of amides is 2. The minimum Gasteiger partial charge on any atom is -0.444 e. The molecular weight excluding hydrogens is 492 g/mol. The molecule has 4 rings (SSSR count). The number of nitrogens with zero attached hydrogens (tertiary/aromatic N) is 3. The molecule has 0 atom stereocenters. The number of ether oxygens (including phenoxy) is 1. The third-order valence-electron chi connectivity index (χ3n) is 6.52. The summed E-state index contributed by atoms with van der Waals surface area (Å²) in [6.45, 7) is 12.2. The maximum Gasteiger partial charge on any atom is 0.412 e. The molecule has 0 aromatic heterocycles. The van der Waals surface area contributed by atoms with Crippen LogP contribution in [0.3, 0.4) is 0 Å². The van der Waals surface area contributed by atoms with Crippen molar-refractivity contribution < 1.29 is 22.7 Å². The summed E-state index contributed by atoms with van der Waals surface area (Å²) >= 11 is 0. The van der Waals surface area contributed by atoms with Gasteiger partial charge in [0.1, 0.15) is 5.60 Å². The number of carbonyl (C=O) groups excluding carboxylic acids is 2. The van der Waals surface area contributed by atoms with Gasteiger partial charge in [-0.3, -0.25) is 14.4 Å². The van der Waals surface area contributed by atoms with Gasteiger partial charge in [0.15, 0.2) is 0 Å². The first-order valence-corrected chi connectivity index (χ1v) is 14.2. The van der Waals surface area contributed by atoms with Crippen molar-refractivity contribution in [3.8, 4) is 0 Å². The molecule has 0 radical (unpaired) electrons. The Balaban J connectivity index is 1.56. The van der Waals surface area contributed by atoms with Crippen molar-refractivity contribution in [2.75, 3.05) is 53.0 Å². The zero-order valence-corrected chi connectivity index (χ0v) is 23.0. The number of carbonyl (C=O) groups is 2. The molecule has 37 heavy (non-hydrogen) atoms. The van der Waals surface area contributed by atoms with Crippen molar-refractivity contribution in [3.63, 3.8) is 0 Å². The van der Waals surface area contributed by atoms with Gasteiger partial charge in [0.25, 0.3) is 5.91 Å². The van der Waals surface area contributed by atoms with Gasteiger partial charge in [-0.05, 0) is 70.9 Å². The molecule has 0 bridgehead atoms. The van der Waals surface area contributed by atoms with E-state index in [0.29, 0.717) is 50.4 Å². The number of hydrogen-bond acceptors (Lipinski definition) is 6. The molecule has 9 nitrogen and oxygen atoms in total. The highest BCUT2D eigenvalue weighted by atomic mass is 32.2. The van der Waals surface area contributed by atoms with Gasteiger partial charge in [0.2, 0.25) is 10.0 Å². The lowest BCUT2D eigenvalue weighted by atomic mass is 10.1. The summed E-state index contributed by atoms with van der Waals surface area (Å²) in [6, 6.07) is 11.1. The molecule has 200 valence electrons. The molecule has 2 aromatic rings. The topological polar surface area (TPSA) is 99.3 Å². The molecule has 2 heterocycles. The second-order valence-electron chi connectivity index (χ2n) is 10.7. The quantitative estimate of drug-likeness (QED) is 0.640. The van der Waals surface area contributed by atoms with Crippen LogP contribution >= 0.6 is 0 Å². The van der Waals surface area contributed by atoms with E-state index in [-0.39, 0.29) is 17.3 Å². The summed E-state index contributed by atoms with van der Waals surface area (Å²) in [5.74, 6) is -0.144. The summed E-state index contributed by atoms with van der Waals surface area (Å²) in [5, 5.41) is 2.69. The second kappa shape index (κ2) is 10.2. The van der Waals surface area contributed by atoms with Gasteiger partial charge in [-0.25, -0.2) is 13.2 Å². The molecule has 0 aliphatic carbocycles. The highest BCUT2D eigenvalue weighted by molar-refractivity contribution is 7.93. The first-order valence-electron chi connectivity index (χ1n) is 12.6. The SMILES string of the molecule is Cc1ccc(N2CCN(C(=O)c3ccc(N4CCCS4(=O)=O)cc3NC(=O)OC(C)(C)C)CC2)c(C)c1. The van der Waals surface area contributed by atoms with E-state index in [0.717, 1.165) is 0 Å². The van der Waals surface area contributed by atoms with Crippen LogP contribution in [-0.2, 0) is 14.8 Å². The van der Waals surface area contributed by atoms with Gasteiger partial charge in [-0.2, -0.15) is 0 Å². The zero-order valence-electron chi connectivity index (χ0n) is 22.2. The van der Waals surface area contributed by atoms with Crippen LogP contribution in [0.4, 0.5) is 21.9 Å². The lowest BCUT2D eigenvalue weighted by molar-refractivity contribution is 0.0636. The monoisotopic (exact) mass is 528 g/mol. The Labute approximate surface area is 219 Å². The van der Waals surface area contributed by atoms with Crippen LogP contribution in [-0.4, -0.2) is 69.4 Å². The molecule has 2 fully saturated rings. The molecule has 2 aliphatic heterocycles. The van der Waals surface area contributed by atoms with E-state index in [4.69, 9.17) is 4.74 Å². The van der Waals surface area contributed by atoms with Crippen molar-refractivity contribution in [2.24, 2.45) is 0 Å². The smallest absolute Gasteiger partial charge is 0.412 e. The third-order valence-corrected chi connectivity index (χ3v) is 8.39. The first kappa shape index (κ1) is 26.8. The molecule has 0 spiro atoms. The summed E-state index contributed by atoms with van der Waals surface area (Å²) < 4.78 is 31.7. The predicted octanol–water partition coefficient (Wildman–Crippen LogP) is 4.15. The van der Waals surface area contributed by atoms with Crippen LogP contribution in [0.15, 0.2) is 36.4 Å². The van der Waals surface area contributed by atoms with Crippen LogP contribution in [0.1, 0.15) is 48.7 Å². The molecule has 2 aliphatic rings. The number of aryl methyl sites for hydroxylation is 2. The van der Waals surface area contributed by atoms with E-state index in [1.807, 2.05) is 0 Å². The highest BCUT2D eigenvalue weighted by Crippen LogP contribution is 2.31. The van der Waals surface area contributed by atoms with Crippen molar-refractivity contribution >= 4 is 39.1 Å². The second-order valence-corrected chi connectivity index (χ2v) is 12.7. The highest BCUT2D eigenvalue weighted by Gasteiger charge is 2.31. The minimum atomic E-state index is -3.42. The van der Waals surface area contributed by atoms with Gasteiger partial charge in [0, 0.05) is 38.4 Å². The van der Waals surface area contributed by atoms with E-state index in [1.54, 1.807) is 43.9 Å². The summed E-state index contributed by atoms with van der Waals surface area (Å²) in [7, 11) is -3.42. The van der Waals surface area contributed by atoms with Gasteiger partial charge >= 0.3 is 6.09 Å². The van der Waals surface area contributed by atoms with Crippen LogP contribution in [0.2, 0.25) is 0 Å². The van der Waals surface area contributed by atoms with Crippen LogP contribution in [0, 0.1) is 13.8 Å². The van der Waals surface area contributed by atoms with E-state index >= 15 is 0 Å². The lowest BCUT2D eigenvalue weighted by Crippen LogP contribution is -2.49. The van der Waals surface area contributed by atoms with E-state index < -0.39 is 21.7 Å². The van der Waals surface area contributed by atoms with Crippen LogP contribution in [0.25, 0.3) is 0 Å².